The highest BCUT2D eigenvalue weighted by molar-refractivity contribution is 5.71. The largest absolute Gasteiger partial charge is 0.462 e. The molecule has 0 fully saturated rings. The first-order chi connectivity index (χ1) is 38.5. The van der Waals surface area contributed by atoms with Gasteiger partial charge < -0.3 is 14.2 Å². The Morgan fingerprint density at radius 3 is 0.756 bits per heavy atom. The lowest BCUT2D eigenvalue weighted by Crippen LogP contribution is -2.30. The minimum atomic E-state index is -0.788. The van der Waals surface area contributed by atoms with Gasteiger partial charge in [0.05, 0.1) is 0 Å². The third-order valence-electron chi connectivity index (χ3n) is 14.6. The minimum absolute atomic E-state index is 0.0833. The lowest BCUT2D eigenvalue weighted by Gasteiger charge is -2.18. The van der Waals surface area contributed by atoms with Gasteiger partial charge in [-0.15, -0.1) is 0 Å². The first-order valence-electron chi connectivity index (χ1n) is 33.6. The maximum absolute atomic E-state index is 12.9. The molecule has 1 unspecified atom stereocenters. The molecule has 0 heterocycles. The summed E-state index contributed by atoms with van der Waals surface area (Å²) in [5, 5.41) is 0. The van der Waals surface area contributed by atoms with Crippen LogP contribution in [0.1, 0.15) is 335 Å². The van der Waals surface area contributed by atoms with E-state index in [9.17, 15) is 14.4 Å². The summed E-state index contributed by atoms with van der Waals surface area (Å²) >= 11 is 0. The average Bonchev–Trinajstić information content (AvgIpc) is 3.44. The van der Waals surface area contributed by atoms with Crippen LogP contribution >= 0.6 is 0 Å². The number of rotatable bonds is 61. The molecule has 0 rings (SSSR count). The molecule has 0 spiro atoms. The molecule has 0 radical (unpaired) electrons. The summed E-state index contributed by atoms with van der Waals surface area (Å²) in [5.41, 5.74) is 0. The van der Waals surface area contributed by atoms with Gasteiger partial charge in [0, 0.05) is 19.3 Å². The van der Waals surface area contributed by atoms with Crippen molar-refractivity contribution in [2.75, 3.05) is 13.2 Å². The van der Waals surface area contributed by atoms with Crippen LogP contribution in [0.2, 0.25) is 0 Å². The number of unbranched alkanes of at least 4 members (excludes halogenated alkanes) is 36. The van der Waals surface area contributed by atoms with Crippen LogP contribution in [0.4, 0.5) is 0 Å². The summed E-state index contributed by atoms with van der Waals surface area (Å²) in [4.78, 5) is 38.3. The predicted molar refractivity (Wildman–Crippen MR) is 339 cm³/mol. The van der Waals surface area contributed by atoms with E-state index >= 15 is 0 Å². The Hall–Kier alpha value is -3.41. The Balaban J connectivity index is 4.25. The maximum atomic E-state index is 12.9. The summed E-state index contributed by atoms with van der Waals surface area (Å²) < 4.78 is 16.9. The molecule has 1 atom stereocenters. The van der Waals surface area contributed by atoms with Crippen molar-refractivity contribution in [3.8, 4) is 0 Å². The van der Waals surface area contributed by atoms with Crippen LogP contribution in [0, 0.1) is 0 Å². The second-order valence-corrected chi connectivity index (χ2v) is 22.4. The standard InChI is InChI=1S/C72H126O6/c1-4-7-10-13-16-19-22-25-27-29-31-32-33-34-35-36-37-38-39-40-42-43-45-47-50-53-56-59-62-65-71(74)77-68-69(67-76-70(73)64-61-58-55-52-49-24-21-18-15-12-9-6-3)78-72(75)66-63-60-57-54-51-48-46-44-41-30-28-26-23-20-17-14-11-8-5-2/h17-18,20-22,25-26,28-29,31,33-34,41,44,69H,4-16,19,23-24,27,30,32,35-40,42-43,45-68H2,1-3H3/b20-17-,21-18-,25-22-,28-26-,31-29-,34-33-,44-41-. The van der Waals surface area contributed by atoms with Crippen molar-refractivity contribution in [1.82, 2.24) is 0 Å². The van der Waals surface area contributed by atoms with E-state index in [2.05, 4.69) is 106 Å². The molecule has 0 amide bonds. The van der Waals surface area contributed by atoms with E-state index in [-0.39, 0.29) is 31.1 Å². The third kappa shape index (κ3) is 63.4. The van der Waals surface area contributed by atoms with Crippen molar-refractivity contribution in [2.24, 2.45) is 0 Å². The Bertz CT molecular complexity index is 1480. The van der Waals surface area contributed by atoms with Crippen molar-refractivity contribution in [3.05, 3.63) is 85.1 Å². The second kappa shape index (κ2) is 66.1. The van der Waals surface area contributed by atoms with Gasteiger partial charge in [-0.25, -0.2) is 0 Å². The summed E-state index contributed by atoms with van der Waals surface area (Å²) in [6, 6.07) is 0. The zero-order chi connectivity index (χ0) is 56.4. The van der Waals surface area contributed by atoms with Gasteiger partial charge in [0.1, 0.15) is 13.2 Å². The molecule has 0 aromatic carbocycles. The Kier molecular flexibility index (Phi) is 63.2. The maximum Gasteiger partial charge on any atom is 0.306 e. The molecule has 0 saturated carbocycles. The highest BCUT2D eigenvalue weighted by Gasteiger charge is 2.19. The molecule has 0 aliphatic rings. The number of ether oxygens (including phenoxy) is 3. The number of allylic oxidation sites excluding steroid dienone is 14. The van der Waals surface area contributed by atoms with Gasteiger partial charge >= 0.3 is 17.9 Å². The minimum Gasteiger partial charge on any atom is -0.462 e. The second-order valence-electron chi connectivity index (χ2n) is 22.4. The lowest BCUT2D eigenvalue weighted by molar-refractivity contribution is -0.167. The zero-order valence-electron chi connectivity index (χ0n) is 51.7. The Labute approximate surface area is 484 Å². The Morgan fingerprint density at radius 1 is 0.256 bits per heavy atom. The van der Waals surface area contributed by atoms with E-state index in [1.54, 1.807) is 0 Å². The number of hydrogen-bond acceptors (Lipinski definition) is 6. The molecule has 0 saturated heterocycles. The predicted octanol–water partition coefficient (Wildman–Crippen LogP) is 23.1. The fourth-order valence-electron chi connectivity index (χ4n) is 9.51. The fraction of sp³-hybridized carbons (Fsp3) is 0.764. The molecule has 0 aliphatic heterocycles. The van der Waals surface area contributed by atoms with Crippen LogP contribution in [0.15, 0.2) is 85.1 Å². The quantitative estimate of drug-likeness (QED) is 0.0261. The molecule has 0 bridgehead atoms. The van der Waals surface area contributed by atoms with Gasteiger partial charge in [-0.1, -0.05) is 279 Å². The first-order valence-corrected chi connectivity index (χ1v) is 33.6. The summed E-state index contributed by atoms with van der Waals surface area (Å²) in [6.45, 7) is 6.59. The van der Waals surface area contributed by atoms with Gasteiger partial charge in [-0.3, -0.25) is 14.4 Å². The smallest absolute Gasteiger partial charge is 0.306 e. The molecular formula is C72H126O6. The number of carbonyl (C=O) groups excluding carboxylic acids is 3. The fourth-order valence-corrected chi connectivity index (χ4v) is 9.51. The molecule has 0 aromatic rings. The number of hydrogen-bond donors (Lipinski definition) is 0. The molecule has 0 aromatic heterocycles. The summed E-state index contributed by atoms with van der Waals surface area (Å²) in [7, 11) is 0. The van der Waals surface area contributed by atoms with E-state index in [0.29, 0.717) is 19.3 Å². The SMILES string of the molecule is CCCCC/C=C\C/C=C\C/C=C\CCCCCCCCC(=O)OC(COC(=O)CCCCCCC/C=C\CCCCC)COC(=O)CCCCCCCCCCCCCCCC/C=C\C/C=C\C/C=C\CCCCCCC. The van der Waals surface area contributed by atoms with E-state index in [1.165, 1.54) is 193 Å². The topological polar surface area (TPSA) is 78.9 Å². The number of esters is 3. The lowest BCUT2D eigenvalue weighted by atomic mass is 10.0. The van der Waals surface area contributed by atoms with E-state index in [4.69, 9.17) is 14.2 Å². The van der Waals surface area contributed by atoms with Gasteiger partial charge in [-0.2, -0.15) is 0 Å². The van der Waals surface area contributed by atoms with Crippen LogP contribution in [-0.4, -0.2) is 37.2 Å². The summed E-state index contributed by atoms with van der Waals surface area (Å²) in [5.74, 6) is -0.894. The van der Waals surface area contributed by atoms with E-state index < -0.39 is 6.10 Å². The highest BCUT2D eigenvalue weighted by Crippen LogP contribution is 2.16. The zero-order valence-corrected chi connectivity index (χ0v) is 51.7. The average molecular weight is 1090 g/mol. The van der Waals surface area contributed by atoms with Crippen LogP contribution in [-0.2, 0) is 28.6 Å². The van der Waals surface area contributed by atoms with Gasteiger partial charge in [0.2, 0.25) is 0 Å². The molecule has 78 heavy (non-hydrogen) atoms. The van der Waals surface area contributed by atoms with Crippen LogP contribution < -0.4 is 0 Å². The van der Waals surface area contributed by atoms with E-state index in [0.717, 1.165) is 103 Å². The van der Waals surface area contributed by atoms with Crippen molar-refractivity contribution >= 4 is 17.9 Å². The third-order valence-corrected chi connectivity index (χ3v) is 14.6. The molecule has 450 valence electrons. The van der Waals surface area contributed by atoms with Crippen LogP contribution in [0.3, 0.4) is 0 Å². The normalized spacial score (nSPS) is 12.6. The number of carbonyl (C=O) groups is 3. The molecular weight excluding hydrogens is 961 g/mol. The summed E-state index contributed by atoms with van der Waals surface area (Å²) in [6.07, 6.45) is 87.4. The first kappa shape index (κ1) is 74.6. The van der Waals surface area contributed by atoms with Crippen molar-refractivity contribution < 1.29 is 28.6 Å². The van der Waals surface area contributed by atoms with Crippen molar-refractivity contribution in [3.63, 3.8) is 0 Å². The van der Waals surface area contributed by atoms with Crippen molar-refractivity contribution in [1.29, 1.82) is 0 Å². The van der Waals surface area contributed by atoms with Gasteiger partial charge in [0.25, 0.3) is 0 Å². The highest BCUT2D eigenvalue weighted by atomic mass is 16.6. The van der Waals surface area contributed by atoms with Gasteiger partial charge in [-0.05, 0) is 122 Å². The van der Waals surface area contributed by atoms with E-state index in [1.807, 2.05) is 0 Å². The molecule has 0 aliphatic carbocycles. The van der Waals surface area contributed by atoms with Crippen LogP contribution in [0.5, 0.6) is 0 Å². The monoisotopic (exact) mass is 1090 g/mol. The Morgan fingerprint density at radius 2 is 0.462 bits per heavy atom. The van der Waals surface area contributed by atoms with Gasteiger partial charge in [0.15, 0.2) is 6.10 Å². The van der Waals surface area contributed by atoms with Crippen LogP contribution in [0.25, 0.3) is 0 Å². The molecule has 0 N–H and O–H groups in total. The van der Waals surface area contributed by atoms with Crippen molar-refractivity contribution in [2.45, 2.75) is 341 Å². The molecule has 6 nitrogen and oxygen atoms in total. The molecule has 6 heteroatoms.